The maximum Gasteiger partial charge on any atom is 0.409 e. The first-order valence-corrected chi connectivity index (χ1v) is 5.59. The van der Waals surface area contributed by atoms with E-state index in [1.807, 2.05) is 6.92 Å². The maximum absolute atomic E-state index is 11.3. The molecule has 16 heavy (non-hydrogen) atoms. The lowest BCUT2D eigenvalue weighted by Gasteiger charge is -2.34. The van der Waals surface area contributed by atoms with E-state index in [1.54, 1.807) is 4.90 Å². The molecule has 0 aromatic rings. The highest BCUT2D eigenvalue weighted by Gasteiger charge is 2.28. The molecule has 1 aliphatic heterocycles. The number of methoxy groups -OCH3 is 1. The molecule has 92 valence electrons. The van der Waals surface area contributed by atoms with Crippen LogP contribution >= 0.6 is 0 Å². The number of carbonyl (C=O) groups is 2. The third-order valence-corrected chi connectivity index (χ3v) is 3.19. The number of nitrogens with zero attached hydrogens (tertiary/aromatic N) is 1. The van der Waals surface area contributed by atoms with E-state index in [0.717, 1.165) is 12.8 Å². The van der Waals surface area contributed by atoms with Gasteiger partial charge in [0.2, 0.25) is 0 Å². The van der Waals surface area contributed by atoms with Crippen molar-refractivity contribution >= 4 is 12.1 Å². The molecule has 0 aromatic heterocycles. The van der Waals surface area contributed by atoms with Crippen molar-refractivity contribution < 1.29 is 19.4 Å². The van der Waals surface area contributed by atoms with E-state index in [2.05, 4.69) is 4.74 Å². The van der Waals surface area contributed by atoms with Crippen LogP contribution in [0.15, 0.2) is 0 Å². The summed E-state index contributed by atoms with van der Waals surface area (Å²) in [6, 6.07) is 0. The van der Waals surface area contributed by atoms with Gasteiger partial charge in [-0.2, -0.15) is 0 Å². The minimum absolute atomic E-state index is 0.102. The zero-order valence-electron chi connectivity index (χ0n) is 9.81. The first-order valence-electron chi connectivity index (χ1n) is 5.59. The number of hydrogen-bond donors (Lipinski definition) is 1. The minimum atomic E-state index is -0.775. The number of aliphatic carboxylic acids is 1. The third-order valence-electron chi connectivity index (χ3n) is 3.19. The Hall–Kier alpha value is -1.26. The molecule has 0 spiro atoms. The van der Waals surface area contributed by atoms with Crippen LogP contribution in [-0.4, -0.2) is 42.3 Å². The normalized spacial score (nSPS) is 22.6. The molecule has 1 heterocycles. The van der Waals surface area contributed by atoms with Gasteiger partial charge in [-0.15, -0.1) is 0 Å². The van der Waals surface area contributed by atoms with Gasteiger partial charge < -0.3 is 14.7 Å². The molecule has 2 unspecified atom stereocenters. The second kappa shape index (κ2) is 5.72. The quantitative estimate of drug-likeness (QED) is 0.797. The lowest BCUT2D eigenvalue weighted by Crippen LogP contribution is -2.41. The summed E-state index contributed by atoms with van der Waals surface area (Å²) in [5.74, 6) is -0.406. The van der Waals surface area contributed by atoms with Crippen LogP contribution in [0.1, 0.15) is 26.2 Å². The van der Waals surface area contributed by atoms with E-state index in [1.165, 1.54) is 7.11 Å². The summed E-state index contributed by atoms with van der Waals surface area (Å²) in [7, 11) is 1.37. The van der Waals surface area contributed by atoms with Crippen molar-refractivity contribution in [3.05, 3.63) is 0 Å². The number of ether oxygens (including phenoxy) is 1. The van der Waals surface area contributed by atoms with Crippen molar-refractivity contribution in [1.29, 1.82) is 0 Å². The molecule has 0 saturated carbocycles. The Morgan fingerprint density at radius 1 is 1.56 bits per heavy atom. The SMILES string of the molecule is COC(=O)N1CCCC(C(C)CC(=O)O)C1. The fourth-order valence-electron chi connectivity index (χ4n) is 2.21. The number of piperidine rings is 1. The highest BCUT2D eigenvalue weighted by molar-refractivity contribution is 5.68. The molecule has 2 atom stereocenters. The molecular formula is C11H19NO4. The summed E-state index contributed by atoms with van der Waals surface area (Å²) in [4.78, 5) is 23.6. The van der Waals surface area contributed by atoms with Gasteiger partial charge in [0, 0.05) is 19.5 Å². The van der Waals surface area contributed by atoms with Gasteiger partial charge in [0.25, 0.3) is 0 Å². The monoisotopic (exact) mass is 229 g/mol. The average molecular weight is 229 g/mol. The second-order valence-electron chi connectivity index (χ2n) is 4.39. The Balaban J connectivity index is 2.49. The molecule has 1 rings (SSSR count). The first kappa shape index (κ1) is 12.8. The largest absolute Gasteiger partial charge is 0.481 e. The number of carbonyl (C=O) groups excluding carboxylic acids is 1. The molecule has 1 aliphatic rings. The van der Waals surface area contributed by atoms with E-state index in [9.17, 15) is 9.59 Å². The maximum atomic E-state index is 11.3. The summed E-state index contributed by atoms with van der Waals surface area (Å²) < 4.78 is 4.67. The summed E-state index contributed by atoms with van der Waals surface area (Å²) in [5.41, 5.74) is 0. The van der Waals surface area contributed by atoms with Crippen molar-refractivity contribution in [1.82, 2.24) is 4.90 Å². The van der Waals surface area contributed by atoms with Crippen LogP contribution in [0, 0.1) is 11.8 Å². The average Bonchev–Trinajstić information content (AvgIpc) is 2.27. The minimum Gasteiger partial charge on any atom is -0.481 e. The van der Waals surface area contributed by atoms with Gasteiger partial charge in [0.15, 0.2) is 0 Å². The molecule has 0 aliphatic carbocycles. The lowest BCUT2D eigenvalue weighted by atomic mass is 9.85. The van der Waals surface area contributed by atoms with Gasteiger partial charge in [0.1, 0.15) is 0 Å². The van der Waals surface area contributed by atoms with Crippen LogP contribution in [0.2, 0.25) is 0 Å². The molecule has 5 heteroatoms. The number of carboxylic acids is 1. The van der Waals surface area contributed by atoms with Gasteiger partial charge in [-0.05, 0) is 24.7 Å². The Morgan fingerprint density at radius 2 is 2.25 bits per heavy atom. The van der Waals surface area contributed by atoms with Crippen LogP contribution in [-0.2, 0) is 9.53 Å². The number of amides is 1. The predicted octanol–water partition coefficient (Wildman–Crippen LogP) is 1.58. The van der Waals surface area contributed by atoms with Crippen LogP contribution < -0.4 is 0 Å². The van der Waals surface area contributed by atoms with Crippen LogP contribution in [0.25, 0.3) is 0 Å². The third kappa shape index (κ3) is 3.40. The molecule has 1 fully saturated rings. The van der Waals surface area contributed by atoms with E-state index < -0.39 is 5.97 Å². The van der Waals surface area contributed by atoms with Crippen molar-refractivity contribution in [2.75, 3.05) is 20.2 Å². The number of likely N-dealkylation sites (tertiary alicyclic amines) is 1. The number of carboxylic acid groups (broad SMARTS) is 1. The molecular weight excluding hydrogens is 210 g/mol. The fourth-order valence-corrected chi connectivity index (χ4v) is 2.21. The smallest absolute Gasteiger partial charge is 0.409 e. The molecule has 1 N–H and O–H groups in total. The van der Waals surface area contributed by atoms with Crippen molar-refractivity contribution in [3.8, 4) is 0 Å². The summed E-state index contributed by atoms with van der Waals surface area (Å²) in [6.45, 7) is 3.25. The van der Waals surface area contributed by atoms with Crippen molar-refractivity contribution in [2.24, 2.45) is 11.8 Å². The standard InChI is InChI=1S/C11H19NO4/c1-8(6-10(13)14)9-4-3-5-12(7-9)11(15)16-2/h8-9H,3-7H2,1-2H3,(H,13,14). The van der Waals surface area contributed by atoms with E-state index in [0.29, 0.717) is 13.1 Å². The molecule has 1 amide bonds. The second-order valence-corrected chi connectivity index (χ2v) is 4.39. The fraction of sp³-hybridized carbons (Fsp3) is 0.818. The van der Waals surface area contributed by atoms with E-state index in [4.69, 9.17) is 5.11 Å². The number of hydrogen-bond acceptors (Lipinski definition) is 3. The Morgan fingerprint density at radius 3 is 2.81 bits per heavy atom. The Kier molecular flexibility index (Phi) is 4.58. The van der Waals surface area contributed by atoms with Gasteiger partial charge in [0.05, 0.1) is 7.11 Å². The van der Waals surface area contributed by atoms with Crippen molar-refractivity contribution in [2.45, 2.75) is 26.2 Å². The lowest BCUT2D eigenvalue weighted by molar-refractivity contribution is -0.138. The molecule has 0 aromatic carbocycles. The highest BCUT2D eigenvalue weighted by atomic mass is 16.5. The Bertz CT molecular complexity index is 267. The van der Waals surface area contributed by atoms with Crippen molar-refractivity contribution in [3.63, 3.8) is 0 Å². The zero-order valence-corrected chi connectivity index (χ0v) is 9.81. The molecule has 0 radical (unpaired) electrons. The topological polar surface area (TPSA) is 66.8 Å². The van der Waals surface area contributed by atoms with E-state index >= 15 is 0 Å². The Labute approximate surface area is 95.4 Å². The summed E-state index contributed by atoms with van der Waals surface area (Å²) >= 11 is 0. The van der Waals surface area contributed by atoms with Gasteiger partial charge >= 0.3 is 12.1 Å². The van der Waals surface area contributed by atoms with Crippen LogP contribution in [0.5, 0.6) is 0 Å². The molecule has 1 saturated heterocycles. The first-order chi connectivity index (χ1) is 7.54. The zero-order chi connectivity index (χ0) is 12.1. The van der Waals surface area contributed by atoms with Gasteiger partial charge in [-0.3, -0.25) is 4.79 Å². The molecule has 0 bridgehead atoms. The van der Waals surface area contributed by atoms with Crippen LogP contribution in [0.4, 0.5) is 4.79 Å². The highest BCUT2D eigenvalue weighted by Crippen LogP contribution is 2.26. The number of rotatable bonds is 3. The van der Waals surface area contributed by atoms with Crippen LogP contribution in [0.3, 0.4) is 0 Å². The van der Waals surface area contributed by atoms with Gasteiger partial charge in [-0.1, -0.05) is 6.92 Å². The van der Waals surface area contributed by atoms with E-state index in [-0.39, 0.29) is 24.3 Å². The predicted molar refractivity (Wildman–Crippen MR) is 58.1 cm³/mol. The van der Waals surface area contributed by atoms with Gasteiger partial charge in [-0.25, -0.2) is 4.79 Å². The summed E-state index contributed by atoms with van der Waals surface area (Å²) in [6.07, 6.45) is 1.76. The summed E-state index contributed by atoms with van der Waals surface area (Å²) in [5, 5.41) is 8.73. The molecule has 5 nitrogen and oxygen atoms in total.